The van der Waals surface area contributed by atoms with Crippen molar-refractivity contribution >= 4 is 22.8 Å². The number of nitrogens with one attached hydrogen (secondary N) is 2. The van der Waals surface area contributed by atoms with E-state index in [9.17, 15) is 19.2 Å². The molecule has 0 aliphatic carbocycles. The summed E-state index contributed by atoms with van der Waals surface area (Å²) in [4.78, 5) is 51.0. The van der Waals surface area contributed by atoms with Gasteiger partial charge in [-0.05, 0) is 43.2 Å². The maximum Gasteiger partial charge on any atom is 0.337 e. The van der Waals surface area contributed by atoms with Gasteiger partial charge in [0.1, 0.15) is 5.76 Å². The Morgan fingerprint density at radius 2 is 2.00 bits per heavy atom. The summed E-state index contributed by atoms with van der Waals surface area (Å²) in [6.45, 7) is 0.599. The number of aromatic amines is 1. The lowest BCUT2D eigenvalue weighted by Gasteiger charge is -2.08. The number of hydrogen-bond acceptors (Lipinski definition) is 6. The molecule has 0 bridgehead atoms. The first-order chi connectivity index (χ1) is 14.5. The Kier molecular flexibility index (Phi) is 6.84. The second kappa shape index (κ2) is 9.73. The zero-order valence-electron chi connectivity index (χ0n) is 16.6. The second-order valence-corrected chi connectivity index (χ2v) is 6.81. The van der Waals surface area contributed by atoms with Crippen molar-refractivity contribution < 1.29 is 18.7 Å². The van der Waals surface area contributed by atoms with E-state index in [4.69, 9.17) is 4.42 Å². The minimum Gasteiger partial charge on any atom is -0.467 e. The molecular weight excluding hydrogens is 390 g/mol. The maximum atomic E-state index is 12.6. The van der Waals surface area contributed by atoms with Gasteiger partial charge in [-0.1, -0.05) is 6.42 Å². The number of rotatable bonds is 9. The molecule has 0 unspecified atom stereocenters. The Morgan fingerprint density at radius 3 is 2.73 bits per heavy atom. The zero-order chi connectivity index (χ0) is 21.5. The topological polar surface area (TPSA) is 123 Å². The molecule has 158 valence electrons. The summed E-state index contributed by atoms with van der Waals surface area (Å²) in [5, 5.41) is 3.09. The summed E-state index contributed by atoms with van der Waals surface area (Å²) in [5.74, 6) is 0.0700. The summed E-state index contributed by atoms with van der Waals surface area (Å²) in [5.41, 5.74) is -0.410. The van der Waals surface area contributed by atoms with Crippen LogP contribution in [0.2, 0.25) is 0 Å². The number of H-pyrrole nitrogens is 1. The van der Waals surface area contributed by atoms with Crippen LogP contribution in [0.15, 0.2) is 50.6 Å². The van der Waals surface area contributed by atoms with Crippen LogP contribution in [0, 0.1) is 0 Å². The van der Waals surface area contributed by atoms with E-state index in [0.29, 0.717) is 43.4 Å². The molecule has 0 radical (unpaired) electrons. The van der Waals surface area contributed by atoms with Gasteiger partial charge in [-0.2, -0.15) is 0 Å². The Labute approximate surface area is 171 Å². The highest BCUT2D eigenvalue weighted by atomic mass is 16.5. The highest BCUT2D eigenvalue weighted by Crippen LogP contribution is 2.10. The van der Waals surface area contributed by atoms with E-state index in [-0.39, 0.29) is 23.5 Å². The number of aromatic nitrogens is 2. The van der Waals surface area contributed by atoms with Crippen molar-refractivity contribution in [3.8, 4) is 0 Å². The van der Waals surface area contributed by atoms with Crippen molar-refractivity contribution in [2.75, 3.05) is 7.11 Å². The van der Waals surface area contributed by atoms with Crippen molar-refractivity contribution in [2.45, 2.75) is 38.8 Å². The van der Waals surface area contributed by atoms with Crippen LogP contribution in [0.1, 0.15) is 41.8 Å². The first-order valence-electron chi connectivity index (χ1n) is 9.64. The van der Waals surface area contributed by atoms with Crippen molar-refractivity contribution in [2.24, 2.45) is 0 Å². The fourth-order valence-electron chi connectivity index (χ4n) is 3.12. The Balaban J connectivity index is 1.53. The fourth-order valence-corrected chi connectivity index (χ4v) is 3.12. The largest absolute Gasteiger partial charge is 0.467 e. The molecule has 1 amide bonds. The molecule has 3 rings (SSSR count). The number of benzene rings is 1. The van der Waals surface area contributed by atoms with Gasteiger partial charge in [0.05, 0.1) is 36.4 Å². The number of esters is 1. The number of methoxy groups -OCH3 is 1. The van der Waals surface area contributed by atoms with Crippen LogP contribution in [0.25, 0.3) is 10.9 Å². The third kappa shape index (κ3) is 5.05. The van der Waals surface area contributed by atoms with E-state index < -0.39 is 17.2 Å². The monoisotopic (exact) mass is 413 g/mol. The highest BCUT2D eigenvalue weighted by Gasteiger charge is 2.11. The van der Waals surface area contributed by atoms with E-state index in [1.165, 1.54) is 25.3 Å². The quantitative estimate of drug-likeness (QED) is 0.408. The van der Waals surface area contributed by atoms with Crippen molar-refractivity contribution in [3.05, 3.63) is 68.8 Å². The molecule has 30 heavy (non-hydrogen) atoms. The van der Waals surface area contributed by atoms with Gasteiger partial charge in [-0.15, -0.1) is 0 Å². The van der Waals surface area contributed by atoms with Crippen LogP contribution in [0.5, 0.6) is 0 Å². The number of amides is 1. The van der Waals surface area contributed by atoms with Gasteiger partial charge in [0.15, 0.2) is 0 Å². The lowest BCUT2D eigenvalue weighted by Crippen LogP contribution is -2.35. The minimum absolute atomic E-state index is 0.0754. The number of hydrogen-bond donors (Lipinski definition) is 2. The van der Waals surface area contributed by atoms with Gasteiger partial charge < -0.3 is 19.5 Å². The average molecular weight is 413 g/mol. The maximum absolute atomic E-state index is 12.6. The van der Waals surface area contributed by atoms with Crippen LogP contribution in [0.3, 0.4) is 0 Å². The molecule has 0 aliphatic rings. The number of carbonyl (C=O) groups excluding carboxylic acids is 2. The molecule has 3 aromatic rings. The second-order valence-electron chi connectivity index (χ2n) is 6.81. The van der Waals surface area contributed by atoms with Crippen LogP contribution >= 0.6 is 0 Å². The van der Waals surface area contributed by atoms with E-state index in [1.807, 2.05) is 0 Å². The van der Waals surface area contributed by atoms with Gasteiger partial charge in [-0.3, -0.25) is 14.2 Å². The smallest absolute Gasteiger partial charge is 0.337 e. The molecule has 9 heteroatoms. The number of unbranched alkanes of at least 4 members (excludes halogenated alkanes) is 2. The van der Waals surface area contributed by atoms with Gasteiger partial charge in [-0.25, -0.2) is 9.59 Å². The van der Waals surface area contributed by atoms with Crippen molar-refractivity contribution in [1.82, 2.24) is 14.9 Å². The number of fused-ring (bicyclic) bond motifs is 1. The van der Waals surface area contributed by atoms with Gasteiger partial charge in [0.2, 0.25) is 5.91 Å². The van der Waals surface area contributed by atoms with Crippen LogP contribution in [-0.4, -0.2) is 28.5 Å². The van der Waals surface area contributed by atoms with Gasteiger partial charge in [0.25, 0.3) is 5.56 Å². The summed E-state index contributed by atoms with van der Waals surface area (Å²) in [6.07, 6.45) is 3.84. The third-order valence-corrected chi connectivity index (χ3v) is 4.73. The molecule has 0 spiro atoms. The fraction of sp³-hybridized carbons (Fsp3) is 0.333. The predicted molar refractivity (Wildman–Crippen MR) is 109 cm³/mol. The lowest BCUT2D eigenvalue weighted by atomic mass is 10.1. The lowest BCUT2D eigenvalue weighted by molar-refractivity contribution is -0.121. The SMILES string of the molecule is COC(=O)c1ccc2c(=O)n(CCCCCC(=O)NCc3ccco3)c(=O)[nH]c2c1. The van der Waals surface area contributed by atoms with Crippen LogP contribution in [-0.2, 0) is 22.6 Å². The zero-order valence-corrected chi connectivity index (χ0v) is 16.6. The van der Waals surface area contributed by atoms with Gasteiger partial charge >= 0.3 is 11.7 Å². The summed E-state index contributed by atoms with van der Waals surface area (Å²) < 4.78 is 10.9. The molecule has 0 saturated carbocycles. The van der Waals surface area contributed by atoms with Crippen LogP contribution in [0.4, 0.5) is 0 Å². The van der Waals surface area contributed by atoms with Crippen LogP contribution < -0.4 is 16.6 Å². The molecule has 2 heterocycles. The third-order valence-electron chi connectivity index (χ3n) is 4.73. The molecule has 1 aromatic carbocycles. The standard InChI is InChI=1S/C21H23N3O6/c1-29-20(27)14-8-9-16-17(12-14)23-21(28)24(19(16)26)10-4-2-3-7-18(25)22-13-15-6-5-11-30-15/h5-6,8-9,11-12H,2-4,7,10,13H2,1H3,(H,22,25)(H,23,28). The summed E-state index contributed by atoms with van der Waals surface area (Å²) in [6, 6.07) is 7.96. The Hall–Kier alpha value is -3.62. The first kappa shape index (κ1) is 21.1. The molecule has 2 N–H and O–H groups in total. The summed E-state index contributed by atoms with van der Waals surface area (Å²) in [7, 11) is 1.26. The molecule has 2 aromatic heterocycles. The number of ether oxygens (including phenoxy) is 1. The molecule has 0 atom stereocenters. The molecule has 0 aliphatic heterocycles. The van der Waals surface area contributed by atoms with Crippen molar-refractivity contribution in [1.29, 1.82) is 0 Å². The molecule has 0 fully saturated rings. The van der Waals surface area contributed by atoms with E-state index in [0.717, 1.165) is 4.57 Å². The Morgan fingerprint density at radius 1 is 1.17 bits per heavy atom. The number of nitrogens with zero attached hydrogens (tertiary/aromatic N) is 1. The number of furan rings is 1. The minimum atomic E-state index is -0.546. The van der Waals surface area contributed by atoms with E-state index in [2.05, 4.69) is 15.0 Å². The number of carbonyl (C=O) groups is 2. The van der Waals surface area contributed by atoms with Crippen molar-refractivity contribution in [3.63, 3.8) is 0 Å². The molecule has 0 saturated heterocycles. The first-order valence-corrected chi connectivity index (χ1v) is 9.64. The highest BCUT2D eigenvalue weighted by molar-refractivity contribution is 5.93. The Bertz CT molecular complexity index is 1140. The average Bonchev–Trinajstić information content (AvgIpc) is 3.26. The summed E-state index contributed by atoms with van der Waals surface area (Å²) >= 11 is 0. The van der Waals surface area contributed by atoms with E-state index in [1.54, 1.807) is 18.4 Å². The van der Waals surface area contributed by atoms with E-state index >= 15 is 0 Å². The normalized spacial score (nSPS) is 10.8. The van der Waals surface area contributed by atoms with Gasteiger partial charge in [0, 0.05) is 13.0 Å². The predicted octanol–water partition coefficient (Wildman–Crippen LogP) is 1.95. The molecule has 9 nitrogen and oxygen atoms in total. The molecular formula is C21H23N3O6.